The number of nitrogens with two attached hydrogens (primary N) is 1. The van der Waals surface area contributed by atoms with E-state index in [0.717, 1.165) is 17.7 Å². The summed E-state index contributed by atoms with van der Waals surface area (Å²) in [5.41, 5.74) is 3.16. The zero-order valence-electron chi connectivity index (χ0n) is 14.5. The molecule has 0 saturated carbocycles. The van der Waals surface area contributed by atoms with Crippen molar-refractivity contribution in [2.75, 3.05) is 6.54 Å². The van der Waals surface area contributed by atoms with Crippen LogP contribution in [-0.4, -0.2) is 20.9 Å². The summed E-state index contributed by atoms with van der Waals surface area (Å²) in [4.78, 5) is 4.59. The van der Waals surface area contributed by atoms with E-state index < -0.39 is 10.0 Å². The van der Waals surface area contributed by atoms with E-state index in [-0.39, 0.29) is 4.90 Å². The van der Waals surface area contributed by atoms with Crippen LogP contribution in [0.4, 0.5) is 0 Å². The molecule has 0 fully saturated rings. The van der Waals surface area contributed by atoms with Gasteiger partial charge in [0.05, 0.1) is 11.4 Å². The number of hydrogen-bond donors (Lipinski definition) is 3. The minimum absolute atomic E-state index is 0.0952. The van der Waals surface area contributed by atoms with E-state index in [0.29, 0.717) is 19.0 Å². The number of sulfonamides is 1. The molecule has 0 aromatic heterocycles. The number of aliphatic imine (C=N–C) groups is 1. The Balaban J connectivity index is 2.05. The molecule has 0 aliphatic rings. The SMILES string of the molecule is CCNC(=NCc1cccc(S(N)(=O)=O)c1)NCc1ccc(C)cc1. The van der Waals surface area contributed by atoms with Crippen molar-refractivity contribution in [3.8, 4) is 0 Å². The molecule has 0 heterocycles. The Bertz CT molecular complexity index is 830. The number of nitrogens with zero attached hydrogens (tertiary/aromatic N) is 1. The van der Waals surface area contributed by atoms with Crippen LogP contribution in [0.1, 0.15) is 23.6 Å². The first-order valence-electron chi connectivity index (χ1n) is 8.08. The van der Waals surface area contributed by atoms with Crippen LogP contribution in [-0.2, 0) is 23.1 Å². The Morgan fingerprint density at radius 1 is 1.08 bits per heavy atom. The highest BCUT2D eigenvalue weighted by Gasteiger charge is 2.07. The highest BCUT2D eigenvalue weighted by atomic mass is 32.2. The van der Waals surface area contributed by atoms with Crippen LogP contribution in [0.5, 0.6) is 0 Å². The van der Waals surface area contributed by atoms with E-state index in [1.807, 2.05) is 13.0 Å². The van der Waals surface area contributed by atoms with Gasteiger partial charge in [0.2, 0.25) is 10.0 Å². The number of benzene rings is 2. The zero-order valence-corrected chi connectivity index (χ0v) is 15.3. The fraction of sp³-hybridized carbons (Fsp3) is 0.278. The van der Waals surface area contributed by atoms with Crippen LogP contribution in [0, 0.1) is 6.92 Å². The van der Waals surface area contributed by atoms with Crippen molar-refractivity contribution in [3.05, 3.63) is 65.2 Å². The third kappa shape index (κ3) is 6.21. The molecule has 0 atom stereocenters. The largest absolute Gasteiger partial charge is 0.357 e. The van der Waals surface area contributed by atoms with Gasteiger partial charge in [0.25, 0.3) is 0 Å². The number of primary sulfonamides is 1. The van der Waals surface area contributed by atoms with Crippen molar-refractivity contribution in [1.82, 2.24) is 10.6 Å². The molecule has 0 aliphatic heterocycles. The number of hydrogen-bond acceptors (Lipinski definition) is 3. The van der Waals surface area contributed by atoms with Gasteiger partial charge in [0, 0.05) is 13.1 Å². The highest BCUT2D eigenvalue weighted by molar-refractivity contribution is 7.89. The van der Waals surface area contributed by atoms with Gasteiger partial charge >= 0.3 is 0 Å². The summed E-state index contributed by atoms with van der Waals surface area (Å²) in [5.74, 6) is 0.670. The van der Waals surface area contributed by atoms with Crippen molar-refractivity contribution >= 4 is 16.0 Å². The Kier molecular flexibility index (Phi) is 6.55. The number of aryl methyl sites for hydroxylation is 1. The minimum atomic E-state index is -3.70. The number of nitrogens with one attached hydrogen (secondary N) is 2. The van der Waals surface area contributed by atoms with Crippen LogP contribution in [0.2, 0.25) is 0 Å². The van der Waals surface area contributed by atoms with E-state index in [4.69, 9.17) is 5.14 Å². The second kappa shape index (κ2) is 8.64. The lowest BCUT2D eigenvalue weighted by Gasteiger charge is -2.11. The molecular weight excluding hydrogens is 336 g/mol. The van der Waals surface area contributed by atoms with E-state index >= 15 is 0 Å². The fourth-order valence-electron chi connectivity index (χ4n) is 2.22. The Morgan fingerprint density at radius 3 is 2.44 bits per heavy atom. The van der Waals surface area contributed by atoms with E-state index in [2.05, 4.69) is 46.8 Å². The monoisotopic (exact) mass is 360 g/mol. The van der Waals surface area contributed by atoms with Crippen LogP contribution >= 0.6 is 0 Å². The summed E-state index contributed by atoms with van der Waals surface area (Å²) >= 11 is 0. The summed E-state index contributed by atoms with van der Waals surface area (Å²) in [6.07, 6.45) is 0. The summed E-state index contributed by atoms with van der Waals surface area (Å²) in [6, 6.07) is 14.8. The van der Waals surface area contributed by atoms with E-state index in [9.17, 15) is 8.42 Å². The maximum absolute atomic E-state index is 11.4. The van der Waals surface area contributed by atoms with Gasteiger partial charge in [-0.3, -0.25) is 0 Å². The summed E-state index contributed by atoms with van der Waals surface area (Å²) in [5, 5.41) is 11.6. The van der Waals surface area contributed by atoms with Gasteiger partial charge in [-0.05, 0) is 37.1 Å². The van der Waals surface area contributed by atoms with Gasteiger partial charge in [0.1, 0.15) is 0 Å². The van der Waals surface area contributed by atoms with Crippen LogP contribution in [0.3, 0.4) is 0 Å². The lowest BCUT2D eigenvalue weighted by Crippen LogP contribution is -2.36. The summed E-state index contributed by atoms with van der Waals surface area (Å²) in [7, 11) is -3.70. The van der Waals surface area contributed by atoms with Gasteiger partial charge < -0.3 is 10.6 Å². The minimum Gasteiger partial charge on any atom is -0.357 e. The third-order valence-corrected chi connectivity index (χ3v) is 4.48. The molecule has 0 aliphatic carbocycles. The first kappa shape index (κ1) is 19.0. The molecule has 134 valence electrons. The first-order valence-corrected chi connectivity index (χ1v) is 9.62. The van der Waals surface area contributed by atoms with Gasteiger partial charge in [-0.25, -0.2) is 18.5 Å². The smallest absolute Gasteiger partial charge is 0.238 e. The fourth-order valence-corrected chi connectivity index (χ4v) is 2.81. The number of guanidine groups is 1. The van der Waals surface area contributed by atoms with Gasteiger partial charge in [0.15, 0.2) is 5.96 Å². The molecule has 25 heavy (non-hydrogen) atoms. The van der Waals surface area contributed by atoms with Crippen LogP contribution in [0.15, 0.2) is 58.4 Å². The highest BCUT2D eigenvalue weighted by Crippen LogP contribution is 2.10. The normalized spacial score (nSPS) is 12.0. The lowest BCUT2D eigenvalue weighted by molar-refractivity contribution is 0.597. The molecule has 0 unspecified atom stereocenters. The maximum atomic E-state index is 11.4. The van der Waals surface area contributed by atoms with E-state index in [1.165, 1.54) is 11.6 Å². The van der Waals surface area contributed by atoms with Crippen molar-refractivity contribution in [2.24, 2.45) is 10.1 Å². The third-order valence-electron chi connectivity index (χ3n) is 3.57. The van der Waals surface area contributed by atoms with Gasteiger partial charge in [-0.2, -0.15) is 0 Å². The molecule has 0 spiro atoms. The lowest BCUT2D eigenvalue weighted by atomic mass is 10.1. The molecule has 6 nitrogen and oxygen atoms in total. The number of rotatable bonds is 6. The molecule has 2 aromatic carbocycles. The second-order valence-electron chi connectivity index (χ2n) is 5.73. The summed E-state index contributed by atoms with van der Waals surface area (Å²) in [6.45, 7) is 5.79. The maximum Gasteiger partial charge on any atom is 0.238 e. The topological polar surface area (TPSA) is 96.6 Å². The standard InChI is InChI=1S/C18H24N4O2S/c1-3-20-18(21-12-15-9-7-14(2)8-10-15)22-13-16-5-4-6-17(11-16)25(19,23)24/h4-11H,3,12-13H2,1-2H3,(H2,19,23,24)(H2,20,21,22). The Morgan fingerprint density at radius 2 is 1.80 bits per heavy atom. The van der Waals surface area contributed by atoms with Crippen molar-refractivity contribution in [1.29, 1.82) is 0 Å². The average Bonchev–Trinajstić information content (AvgIpc) is 2.58. The van der Waals surface area contributed by atoms with Crippen molar-refractivity contribution in [2.45, 2.75) is 31.8 Å². The quantitative estimate of drug-likeness (QED) is 0.541. The van der Waals surface area contributed by atoms with E-state index in [1.54, 1.807) is 12.1 Å². The Labute approximate surface area is 149 Å². The van der Waals surface area contributed by atoms with Crippen LogP contribution < -0.4 is 15.8 Å². The van der Waals surface area contributed by atoms with Gasteiger partial charge in [-0.1, -0.05) is 42.0 Å². The average molecular weight is 360 g/mol. The zero-order chi connectivity index (χ0) is 18.3. The Hall–Kier alpha value is -2.38. The molecule has 7 heteroatoms. The molecule has 0 bridgehead atoms. The van der Waals surface area contributed by atoms with Gasteiger partial charge in [-0.15, -0.1) is 0 Å². The molecule has 0 amide bonds. The summed E-state index contributed by atoms with van der Waals surface area (Å²) < 4.78 is 22.9. The predicted octanol–water partition coefficient (Wildman–Crippen LogP) is 1.90. The van der Waals surface area contributed by atoms with Crippen molar-refractivity contribution in [3.63, 3.8) is 0 Å². The molecule has 2 rings (SSSR count). The van der Waals surface area contributed by atoms with Crippen LogP contribution in [0.25, 0.3) is 0 Å². The molecular formula is C18H24N4O2S. The molecule has 0 radical (unpaired) electrons. The predicted molar refractivity (Wildman–Crippen MR) is 101 cm³/mol. The van der Waals surface area contributed by atoms with Crippen molar-refractivity contribution < 1.29 is 8.42 Å². The molecule has 2 aromatic rings. The molecule has 4 N–H and O–H groups in total. The molecule has 0 saturated heterocycles. The second-order valence-corrected chi connectivity index (χ2v) is 7.29. The first-order chi connectivity index (χ1) is 11.9.